The highest BCUT2D eigenvalue weighted by molar-refractivity contribution is 5.84. The Balaban J connectivity index is 2.32. The summed E-state index contributed by atoms with van der Waals surface area (Å²) in [5, 5.41) is 23.3. The molecule has 0 radical (unpaired) electrons. The minimum Gasteiger partial charge on any atom is -0.467 e. The third kappa shape index (κ3) is 10.7. The van der Waals surface area contributed by atoms with Crippen molar-refractivity contribution in [2.75, 3.05) is 13.7 Å². The van der Waals surface area contributed by atoms with E-state index in [4.69, 9.17) is 10.00 Å². The van der Waals surface area contributed by atoms with E-state index in [1.165, 1.54) is 7.11 Å². The first kappa shape index (κ1) is 23.9. The predicted octanol–water partition coefficient (Wildman–Crippen LogP) is 1.41. The summed E-state index contributed by atoms with van der Waals surface area (Å²) in [6, 6.07) is 10.3. The number of alkyl carbamates (subject to hydrolysis) is 1. The number of unbranched alkanes of at least 4 members (excludes halogenated alkanes) is 2. The van der Waals surface area contributed by atoms with Gasteiger partial charge in [0.05, 0.1) is 25.7 Å². The number of rotatable bonds is 12. The Morgan fingerprint density at radius 1 is 1.21 bits per heavy atom. The van der Waals surface area contributed by atoms with E-state index < -0.39 is 30.1 Å². The van der Waals surface area contributed by atoms with Crippen LogP contribution in [0.5, 0.6) is 0 Å². The monoisotopic (exact) mass is 405 g/mol. The van der Waals surface area contributed by atoms with E-state index >= 15 is 0 Å². The molecule has 3 N–H and O–H groups in total. The summed E-state index contributed by atoms with van der Waals surface area (Å²) < 4.78 is 9.68. The molecule has 1 rings (SSSR count). The molecule has 0 saturated heterocycles. The number of hydrogen-bond acceptors (Lipinski definition) is 7. The first-order chi connectivity index (χ1) is 14.0. The highest BCUT2D eigenvalue weighted by Gasteiger charge is 2.22. The van der Waals surface area contributed by atoms with Gasteiger partial charge in [-0.15, -0.1) is 0 Å². The van der Waals surface area contributed by atoms with Gasteiger partial charge in [-0.25, -0.2) is 9.59 Å². The lowest BCUT2D eigenvalue weighted by molar-refractivity contribution is -0.145. The number of carbonyl (C=O) groups excluding carboxylic acids is 3. The maximum Gasteiger partial charge on any atom is 0.407 e. The molecule has 0 spiro atoms. The van der Waals surface area contributed by atoms with Gasteiger partial charge >= 0.3 is 12.1 Å². The first-order valence-corrected chi connectivity index (χ1v) is 9.33. The predicted molar refractivity (Wildman–Crippen MR) is 103 cm³/mol. The van der Waals surface area contributed by atoms with E-state index in [1.807, 2.05) is 36.4 Å². The van der Waals surface area contributed by atoms with Crippen LogP contribution in [0.4, 0.5) is 4.79 Å². The zero-order valence-electron chi connectivity index (χ0n) is 16.4. The Hall–Kier alpha value is -3.12. The van der Waals surface area contributed by atoms with Crippen LogP contribution in [0.2, 0.25) is 0 Å². The van der Waals surface area contributed by atoms with Crippen LogP contribution < -0.4 is 10.6 Å². The van der Waals surface area contributed by atoms with Crippen molar-refractivity contribution in [2.45, 2.75) is 50.9 Å². The summed E-state index contributed by atoms with van der Waals surface area (Å²) in [6.07, 6.45) is -0.269. The van der Waals surface area contributed by atoms with Crippen molar-refractivity contribution >= 4 is 18.0 Å². The number of esters is 1. The molecular formula is C20H27N3O6. The smallest absolute Gasteiger partial charge is 0.407 e. The van der Waals surface area contributed by atoms with Gasteiger partial charge in [-0.1, -0.05) is 30.3 Å². The molecule has 0 fully saturated rings. The molecule has 0 saturated carbocycles. The van der Waals surface area contributed by atoms with Gasteiger partial charge in [0.2, 0.25) is 5.91 Å². The fraction of sp³-hybridized carbons (Fsp3) is 0.500. The fourth-order valence-electron chi connectivity index (χ4n) is 2.46. The average molecular weight is 405 g/mol. The van der Waals surface area contributed by atoms with Crippen molar-refractivity contribution in [1.29, 1.82) is 5.26 Å². The van der Waals surface area contributed by atoms with Crippen LogP contribution in [0, 0.1) is 11.3 Å². The lowest BCUT2D eigenvalue weighted by Gasteiger charge is -2.18. The summed E-state index contributed by atoms with van der Waals surface area (Å²) in [6.45, 7) is -0.0814. The molecule has 0 bridgehead atoms. The average Bonchev–Trinajstić information content (AvgIpc) is 2.73. The number of aliphatic hydroxyl groups is 1. The van der Waals surface area contributed by atoms with Crippen molar-refractivity contribution in [3.8, 4) is 6.07 Å². The summed E-state index contributed by atoms with van der Waals surface area (Å²) in [5.74, 6) is -1.14. The Morgan fingerprint density at radius 2 is 1.93 bits per heavy atom. The third-order valence-corrected chi connectivity index (χ3v) is 3.97. The summed E-state index contributed by atoms with van der Waals surface area (Å²) >= 11 is 0. The molecule has 2 amide bonds. The summed E-state index contributed by atoms with van der Waals surface area (Å²) in [7, 11) is 1.22. The second-order valence-electron chi connectivity index (χ2n) is 6.35. The molecule has 1 aromatic carbocycles. The van der Waals surface area contributed by atoms with E-state index in [9.17, 15) is 19.5 Å². The van der Waals surface area contributed by atoms with Gasteiger partial charge in [0.25, 0.3) is 0 Å². The van der Waals surface area contributed by atoms with Gasteiger partial charge < -0.3 is 25.2 Å². The van der Waals surface area contributed by atoms with Gasteiger partial charge in [0, 0.05) is 13.0 Å². The molecule has 0 heterocycles. The van der Waals surface area contributed by atoms with Gasteiger partial charge in [0.1, 0.15) is 12.6 Å². The number of nitrogens with one attached hydrogen (secondary N) is 2. The number of methoxy groups -OCH3 is 1. The number of aliphatic hydroxyl groups excluding tert-OH is 1. The standard InChI is InChI=1S/C20H27N3O6/c1-28-19(26)17(10-6-3-7-11-21)23-18(25)12-16(24)13-22-20(27)29-14-15-8-4-2-5-9-15/h2,4-5,8-9,16-17,24H,3,6-7,10,12-14H2,1H3,(H,22,27)(H,23,25)/t16-,17-/m0/s1. The molecule has 29 heavy (non-hydrogen) atoms. The van der Waals surface area contributed by atoms with Crippen LogP contribution in [0.3, 0.4) is 0 Å². The zero-order valence-corrected chi connectivity index (χ0v) is 16.4. The van der Waals surface area contributed by atoms with E-state index in [1.54, 1.807) is 0 Å². The molecule has 158 valence electrons. The highest BCUT2D eigenvalue weighted by atomic mass is 16.5. The van der Waals surface area contributed by atoms with E-state index in [-0.39, 0.29) is 19.6 Å². The Labute approximate surface area is 170 Å². The molecule has 9 heteroatoms. The minimum atomic E-state index is -1.14. The van der Waals surface area contributed by atoms with Gasteiger partial charge in [-0.2, -0.15) is 5.26 Å². The number of carbonyl (C=O) groups is 3. The molecule has 0 unspecified atom stereocenters. The molecule has 0 aliphatic carbocycles. The van der Waals surface area contributed by atoms with Crippen LogP contribution in [0.15, 0.2) is 30.3 Å². The Bertz CT molecular complexity index is 689. The lowest BCUT2D eigenvalue weighted by Crippen LogP contribution is -2.43. The van der Waals surface area contributed by atoms with Crippen LogP contribution in [0.25, 0.3) is 0 Å². The molecular weight excluding hydrogens is 378 g/mol. The maximum atomic E-state index is 12.1. The maximum absolute atomic E-state index is 12.1. The van der Waals surface area contributed by atoms with Crippen molar-refractivity contribution in [2.24, 2.45) is 0 Å². The number of nitriles is 1. The normalized spacial score (nSPS) is 12.2. The fourth-order valence-corrected chi connectivity index (χ4v) is 2.46. The number of ether oxygens (including phenoxy) is 2. The van der Waals surface area contributed by atoms with E-state index in [0.717, 1.165) is 5.56 Å². The van der Waals surface area contributed by atoms with Crippen molar-refractivity contribution < 1.29 is 29.0 Å². The van der Waals surface area contributed by atoms with Crippen LogP contribution in [0.1, 0.15) is 37.7 Å². The SMILES string of the molecule is COC(=O)[C@H](CCCCC#N)NC(=O)C[C@H](O)CNC(=O)OCc1ccccc1. The lowest BCUT2D eigenvalue weighted by atomic mass is 10.1. The zero-order chi connectivity index (χ0) is 21.5. The summed E-state index contributed by atoms with van der Waals surface area (Å²) in [4.78, 5) is 35.5. The topological polar surface area (TPSA) is 138 Å². The second kappa shape index (κ2) is 14.0. The highest BCUT2D eigenvalue weighted by Crippen LogP contribution is 2.06. The second-order valence-corrected chi connectivity index (χ2v) is 6.35. The quantitative estimate of drug-likeness (QED) is 0.353. The van der Waals surface area contributed by atoms with E-state index in [2.05, 4.69) is 15.4 Å². The molecule has 0 aliphatic rings. The van der Waals surface area contributed by atoms with E-state index in [0.29, 0.717) is 25.7 Å². The number of amides is 2. The molecule has 1 aromatic rings. The number of nitrogens with zero attached hydrogens (tertiary/aromatic N) is 1. The van der Waals surface area contributed by atoms with Gasteiger partial charge in [-0.05, 0) is 24.8 Å². The third-order valence-electron chi connectivity index (χ3n) is 3.97. The van der Waals surface area contributed by atoms with Crippen molar-refractivity contribution in [3.05, 3.63) is 35.9 Å². The largest absolute Gasteiger partial charge is 0.467 e. The van der Waals surface area contributed by atoms with Gasteiger partial charge in [0.15, 0.2) is 0 Å². The van der Waals surface area contributed by atoms with Crippen LogP contribution in [-0.2, 0) is 25.7 Å². The Morgan fingerprint density at radius 3 is 2.59 bits per heavy atom. The van der Waals surface area contributed by atoms with Crippen molar-refractivity contribution in [3.63, 3.8) is 0 Å². The van der Waals surface area contributed by atoms with Crippen molar-refractivity contribution in [1.82, 2.24) is 10.6 Å². The Kier molecular flexibility index (Phi) is 11.5. The number of hydrogen-bond donors (Lipinski definition) is 3. The molecule has 9 nitrogen and oxygen atoms in total. The summed E-state index contributed by atoms with van der Waals surface area (Å²) in [5.41, 5.74) is 0.825. The van der Waals surface area contributed by atoms with Crippen LogP contribution >= 0.6 is 0 Å². The molecule has 2 atom stereocenters. The number of benzene rings is 1. The van der Waals surface area contributed by atoms with Crippen LogP contribution in [-0.4, -0.2) is 48.9 Å². The minimum absolute atomic E-state index is 0.0931. The first-order valence-electron chi connectivity index (χ1n) is 9.33. The van der Waals surface area contributed by atoms with Gasteiger partial charge in [-0.3, -0.25) is 4.79 Å². The molecule has 0 aliphatic heterocycles. The molecule has 0 aromatic heterocycles.